The summed E-state index contributed by atoms with van der Waals surface area (Å²) in [5.41, 5.74) is 11.4. The lowest BCUT2D eigenvalue weighted by molar-refractivity contribution is 0.426. The molecule has 0 rings (SSSR count). The summed E-state index contributed by atoms with van der Waals surface area (Å²) >= 11 is 0. The normalized spacial score (nSPS) is 16.8. The van der Waals surface area contributed by atoms with Crippen LogP contribution in [0.1, 0.15) is 26.7 Å². The van der Waals surface area contributed by atoms with Gasteiger partial charge in [0.1, 0.15) is 0 Å². The number of nitrogens with two attached hydrogens (primary N) is 2. The van der Waals surface area contributed by atoms with Crippen LogP contribution in [-0.4, -0.2) is 18.8 Å². The summed E-state index contributed by atoms with van der Waals surface area (Å²) < 4.78 is 0. The van der Waals surface area contributed by atoms with Crippen molar-refractivity contribution in [1.82, 2.24) is 5.32 Å². The molecule has 0 fully saturated rings. The first-order valence-electron chi connectivity index (χ1n) is 3.96. The largest absolute Gasteiger partial charge is 0.325 e. The fraction of sp³-hybridized carbons (Fsp3) is 1.00. The summed E-state index contributed by atoms with van der Waals surface area (Å²) in [6.07, 6.45) is 2.05. The standard InChI is InChI=1S/C7H19N3/c1-3-5-6(8)7(9)10-4-2/h6-7,10H,3-5,8-9H2,1-2H3. The zero-order valence-electron chi connectivity index (χ0n) is 6.93. The highest BCUT2D eigenvalue weighted by Crippen LogP contribution is 1.94. The van der Waals surface area contributed by atoms with Crippen LogP contribution in [0.25, 0.3) is 0 Å². The van der Waals surface area contributed by atoms with Gasteiger partial charge >= 0.3 is 0 Å². The molecule has 2 atom stereocenters. The molecule has 0 saturated carbocycles. The highest BCUT2D eigenvalue weighted by atomic mass is 15.1. The van der Waals surface area contributed by atoms with Crippen molar-refractivity contribution < 1.29 is 0 Å². The molecule has 0 spiro atoms. The van der Waals surface area contributed by atoms with Gasteiger partial charge in [0.2, 0.25) is 0 Å². The zero-order chi connectivity index (χ0) is 7.98. The van der Waals surface area contributed by atoms with Crippen LogP contribution in [0, 0.1) is 0 Å². The van der Waals surface area contributed by atoms with E-state index in [9.17, 15) is 0 Å². The topological polar surface area (TPSA) is 64.1 Å². The summed E-state index contributed by atoms with van der Waals surface area (Å²) in [5.74, 6) is 0. The maximum Gasteiger partial charge on any atom is 0.0702 e. The van der Waals surface area contributed by atoms with Crippen LogP contribution >= 0.6 is 0 Å². The van der Waals surface area contributed by atoms with Crippen molar-refractivity contribution in [3.63, 3.8) is 0 Å². The van der Waals surface area contributed by atoms with Crippen LogP contribution in [0.15, 0.2) is 0 Å². The third-order valence-corrected chi connectivity index (χ3v) is 1.52. The fourth-order valence-corrected chi connectivity index (χ4v) is 0.900. The Bertz CT molecular complexity index is 65.3. The molecule has 0 saturated heterocycles. The van der Waals surface area contributed by atoms with Crippen molar-refractivity contribution in [2.75, 3.05) is 6.54 Å². The number of nitrogens with one attached hydrogen (secondary N) is 1. The molecule has 0 aliphatic rings. The molecule has 3 heteroatoms. The van der Waals surface area contributed by atoms with Crippen molar-refractivity contribution in [3.05, 3.63) is 0 Å². The molecule has 0 aromatic carbocycles. The number of hydrogen-bond donors (Lipinski definition) is 3. The molecular weight excluding hydrogens is 126 g/mol. The molecule has 0 aliphatic heterocycles. The summed E-state index contributed by atoms with van der Waals surface area (Å²) in [7, 11) is 0. The average Bonchev–Trinajstić information content (AvgIpc) is 1.89. The molecule has 2 unspecified atom stereocenters. The summed E-state index contributed by atoms with van der Waals surface area (Å²) in [6.45, 7) is 5.02. The SMILES string of the molecule is CCCC(N)C(N)NCC. The molecule has 0 bridgehead atoms. The van der Waals surface area contributed by atoms with Gasteiger partial charge in [-0.15, -0.1) is 0 Å². The Balaban J connectivity index is 3.38. The predicted octanol–water partition coefficient (Wildman–Crippen LogP) is 0.00810. The van der Waals surface area contributed by atoms with Gasteiger partial charge in [-0.25, -0.2) is 0 Å². The van der Waals surface area contributed by atoms with E-state index in [1.807, 2.05) is 6.92 Å². The first kappa shape index (κ1) is 9.88. The summed E-state index contributed by atoms with van der Waals surface area (Å²) in [5, 5.41) is 3.08. The Morgan fingerprint density at radius 1 is 1.30 bits per heavy atom. The molecule has 0 aliphatic carbocycles. The Hall–Kier alpha value is -0.120. The van der Waals surface area contributed by atoms with Crippen molar-refractivity contribution >= 4 is 0 Å². The van der Waals surface area contributed by atoms with E-state index in [0.29, 0.717) is 0 Å². The summed E-state index contributed by atoms with van der Waals surface area (Å²) in [6, 6.07) is 0.102. The average molecular weight is 145 g/mol. The van der Waals surface area contributed by atoms with Gasteiger partial charge in [-0.2, -0.15) is 0 Å². The Morgan fingerprint density at radius 3 is 2.30 bits per heavy atom. The number of rotatable bonds is 5. The molecule has 0 aromatic rings. The highest BCUT2D eigenvalue weighted by Gasteiger charge is 2.09. The molecule has 0 heterocycles. The lowest BCUT2D eigenvalue weighted by Gasteiger charge is -2.19. The van der Waals surface area contributed by atoms with Gasteiger partial charge in [0.05, 0.1) is 6.17 Å². The van der Waals surface area contributed by atoms with E-state index >= 15 is 0 Å². The van der Waals surface area contributed by atoms with Crippen LogP contribution in [0.2, 0.25) is 0 Å². The van der Waals surface area contributed by atoms with Gasteiger partial charge in [-0.3, -0.25) is 0 Å². The smallest absolute Gasteiger partial charge is 0.0702 e. The summed E-state index contributed by atoms with van der Waals surface area (Å²) in [4.78, 5) is 0. The van der Waals surface area contributed by atoms with E-state index in [4.69, 9.17) is 11.5 Å². The number of likely N-dealkylation sites (N-methyl/N-ethyl adjacent to an activating group) is 1. The third kappa shape index (κ3) is 3.82. The van der Waals surface area contributed by atoms with Gasteiger partial charge < -0.3 is 16.8 Å². The lowest BCUT2D eigenvalue weighted by atomic mass is 10.1. The first-order valence-corrected chi connectivity index (χ1v) is 3.96. The minimum absolute atomic E-state index is 0.0371. The second kappa shape index (κ2) is 5.65. The van der Waals surface area contributed by atoms with E-state index in [1.54, 1.807) is 0 Å². The maximum atomic E-state index is 5.73. The van der Waals surface area contributed by atoms with Gasteiger partial charge in [-0.1, -0.05) is 20.3 Å². The van der Waals surface area contributed by atoms with Gasteiger partial charge in [0.25, 0.3) is 0 Å². The second-order valence-corrected chi connectivity index (χ2v) is 2.54. The van der Waals surface area contributed by atoms with E-state index in [0.717, 1.165) is 19.4 Å². The van der Waals surface area contributed by atoms with Crippen LogP contribution in [-0.2, 0) is 0 Å². The molecule has 0 amide bonds. The second-order valence-electron chi connectivity index (χ2n) is 2.54. The molecule has 0 radical (unpaired) electrons. The molecule has 10 heavy (non-hydrogen) atoms. The van der Waals surface area contributed by atoms with E-state index in [2.05, 4.69) is 12.2 Å². The van der Waals surface area contributed by atoms with Crippen LogP contribution < -0.4 is 16.8 Å². The molecule has 5 N–H and O–H groups in total. The van der Waals surface area contributed by atoms with E-state index in [1.165, 1.54) is 0 Å². The number of hydrogen-bond acceptors (Lipinski definition) is 3. The fourth-order valence-electron chi connectivity index (χ4n) is 0.900. The monoisotopic (exact) mass is 145 g/mol. The van der Waals surface area contributed by atoms with E-state index < -0.39 is 0 Å². The molecular formula is C7H19N3. The Kier molecular flexibility index (Phi) is 5.58. The molecule has 62 valence electrons. The molecule has 0 aromatic heterocycles. The Morgan fingerprint density at radius 2 is 1.90 bits per heavy atom. The quantitative estimate of drug-likeness (QED) is 0.477. The molecule has 3 nitrogen and oxygen atoms in total. The van der Waals surface area contributed by atoms with Crippen molar-refractivity contribution in [2.24, 2.45) is 11.5 Å². The third-order valence-electron chi connectivity index (χ3n) is 1.52. The van der Waals surface area contributed by atoms with Crippen molar-refractivity contribution in [3.8, 4) is 0 Å². The first-order chi connectivity index (χ1) is 4.72. The van der Waals surface area contributed by atoms with Crippen LogP contribution in [0.3, 0.4) is 0 Å². The van der Waals surface area contributed by atoms with Crippen LogP contribution in [0.4, 0.5) is 0 Å². The maximum absolute atomic E-state index is 5.73. The van der Waals surface area contributed by atoms with Crippen molar-refractivity contribution in [1.29, 1.82) is 0 Å². The highest BCUT2D eigenvalue weighted by molar-refractivity contribution is 4.72. The van der Waals surface area contributed by atoms with Gasteiger partial charge in [0.15, 0.2) is 0 Å². The lowest BCUT2D eigenvalue weighted by Crippen LogP contribution is -2.51. The van der Waals surface area contributed by atoms with E-state index in [-0.39, 0.29) is 12.2 Å². The predicted molar refractivity (Wildman–Crippen MR) is 44.5 cm³/mol. The zero-order valence-corrected chi connectivity index (χ0v) is 6.93. The van der Waals surface area contributed by atoms with Gasteiger partial charge in [0, 0.05) is 6.04 Å². The minimum atomic E-state index is -0.0371. The van der Waals surface area contributed by atoms with Gasteiger partial charge in [-0.05, 0) is 13.0 Å². The van der Waals surface area contributed by atoms with Crippen molar-refractivity contribution in [2.45, 2.75) is 38.9 Å². The minimum Gasteiger partial charge on any atom is -0.325 e. The Labute approximate surface area is 63.2 Å². The van der Waals surface area contributed by atoms with Crippen LogP contribution in [0.5, 0.6) is 0 Å².